The highest BCUT2D eigenvalue weighted by atomic mass is 16.2. The number of nitrogens with zero attached hydrogens (tertiary/aromatic N) is 2. The molecular formula is C7H15N3O. The normalized spacial score (nSPS) is 11.0. The van der Waals surface area contributed by atoms with Gasteiger partial charge in [-0.05, 0) is 14.1 Å². The zero-order valence-corrected chi connectivity index (χ0v) is 7.24. The van der Waals surface area contributed by atoms with E-state index in [9.17, 15) is 4.79 Å². The summed E-state index contributed by atoms with van der Waals surface area (Å²) in [6.45, 7) is 0.750. The molecule has 0 radical (unpaired) electrons. The fourth-order valence-electron chi connectivity index (χ4n) is 0.482. The van der Waals surface area contributed by atoms with Crippen LogP contribution < -0.4 is 5.84 Å². The van der Waals surface area contributed by atoms with Gasteiger partial charge in [0.15, 0.2) is 0 Å². The van der Waals surface area contributed by atoms with Crippen molar-refractivity contribution >= 4 is 5.91 Å². The van der Waals surface area contributed by atoms with Crippen molar-refractivity contribution in [2.45, 2.75) is 0 Å². The van der Waals surface area contributed by atoms with E-state index in [1.165, 1.54) is 13.1 Å². The lowest BCUT2D eigenvalue weighted by molar-refractivity contribution is -0.125. The number of rotatable bonds is 3. The Labute approximate surface area is 67.2 Å². The minimum absolute atomic E-state index is 0.188. The Morgan fingerprint density at radius 3 is 2.36 bits per heavy atom. The first-order chi connectivity index (χ1) is 5.04. The van der Waals surface area contributed by atoms with Crippen LogP contribution in [0.4, 0.5) is 0 Å². The third-order valence-corrected chi connectivity index (χ3v) is 1.08. The summed E-state index contributed by atoms with van der Waals surface area (Å²) >= 11 is 0. The first-order valence-electron chi connectivity index (χ1n) is 3.37. The molecule has 0 aromatic rings. The molecule has 0 heterocycles. The summed E-state index contributed by atoms with van der Waals surface area (Å²) in [5, 5.41) is 1.05. The lowest BCUT2D eigenvalue weighted by Crippen LogP contribution is -2.31. The summed E-state index contributed by atoms with van der Waals surface area (Å²) in [6, 6.07) is 0. The van der Waals surface area contributed by atoms with E-state index < -0.39 is 0 Å². The SMILES string of the molecule is CN(C)C/C=C/C(=O)N(C)N. The molecule has 0 unspecified atom stereocenters. The molecule has 0 aliphatic rings. The average molecular weight is 157 g/mol. The maximum absolute atomic E-state index is 10.8. The minimum Gasteiger partial charge on any atom is -0.306 e. The van der Waals surface area contributed by atoms with E-state index in [4.69, 9.17) is 5.84 Å². The molecule has 0 saturated carbocycles. The molecule has 1 amide bonds. The maximum Gasteiger partial charge on any atom is 0.259 e. The van der Waals surface area contributed by atoms with Crippen molar-refractivity contribution in [3.8, 4) is 0 Å². The van der Waals surface area contributed by atoms with Crippen LogP contribution in [-0.2, 0) is 4.79 Å². The van der Waals surface area contributed by atoms with Crippen LogP contribution in [0.2, 0.25) is 0 Å². The van der Waals surface area contributed by atoms with E-state index in [1.807, 2.05) is 19.0 Å². The summed E-state index contributed by atoms with van der Waals surface area (Å²) in [5.74, 6) is 4.98. The van der Waals surface area contributed by atoms with Crippen LogP contribution >= 0.6 is 0 Å². The first kappa shape index (κ1) is 10.1. The van der Waals surface area contributed by atoms with Gasteiger partial charge in [-0.2, -0.15) is 0 Å². The van der Waals surface area contributed by atoms with Crippen LogP contribution in [0, 0.1) is 0 Å². The molecule has 0 atom stereocenters. The summed E-state index contributed by atoms with van der Waals surface area (Å²) in [5.41, 5.74) is 0. The van der Waals surface area contributed by atoms with Gasteiger partial charge in [0.05, 0.1) is 0 Å². The number of nitrogens with two attached hydrogens (primary N) is 1. The molecule has 4 nitrogen and oxygen atoms in total. The number of hydrogen-bond acceptors (Lipinski definition) is 3. The van der Waals surface area contributed by atoms with Gasteiger partial charge in [-0.25, -0.2) is 5.84 Å². The van der Waals surface area contributed by atoms with Crippen LogP contribution in [0.15, 0.2) is 12.2 Å². The fraction of sp³-hybridized carbons (Fsp3) is 0.571. The minimum atomic E-state index is -0.188. The van der Waals surface area contributed by atoms with Gasteiger partial charge in [-0.3, -0.25) is 9.80 Å². The lowest BCUT2D eigenvalue weighted by atomic mass is 10.4. The Morgan fingerprint density at radius 1 is 1.45 bits per heavy atom. The Balaban J connectivity index is 3.66. The molecule has 0 aromatic carbocycles. The van der Waals surface area contributed by atoms with E-state index in [0.29, 0.717) is 0 Å². The van der Waals surface area contributed by atoms with Crippen LogP contribution in [0.3, 0.4) is 0 Å². The lowest BCUT2D eigenvalue weighted by Gasteiger charge is -2.06. The Kier molecular flexibility index (Phi) is 4.49. The van der Waals surface area contributed by atoms with Crippen LogP contribution in [0.25, 0.3) is 0 Å². The fourth-order valence-corrected chi connectivity index (χ4v) is 0.482. The molecule has 0 spiro atoms. The molecule has 64 valence electrons. The molecule has 0 rings (SSSR count). The van der Waals surface area contributed by atoms with E-state index in [2.05, 4.69) is 0 Å². The van der Waals surface area contributed by atoms with E-state index >= 15 is 0 Å². The first-order valence-corrected chi connectivity index (χ1v) is 3.37. The number of amides is 1. The van der Waals surface area contributed by atoms with Gasteiger partial charge in [-0.15, -0.1) is 0 Å². The largest absolute Gasteiger partial charge is 0.306 e. The molecular weight excluding hydrogens is 142 g/mol. The van der Waals surface area contributed by atoms with E-state index in [0.717, 1.165) is 11.6 Å². The zero-order chi connectivity index (χ0) is 8.85. The van der Waals surface area contributed by atoms with Gasteiger partial charge in [0.25, 0.3) is 5.91 Å². The molecule has 11 heavy (non-hydrogen) atoms. The summed E-state index contributed by atoms with van der Waals surface area (Å²) in [7, 11) is 5.38. The molecule has 0 aliphatic carbocycles. The number of carbonyl (C=O) groups excluding carboxylic acids is 1. The van der Waals surface area contributed by atoms with E-state index in [-0.39, 0.29) is 5.91 Å². The van der Waals surface area contributed by atoms with Crippen molar-refractivity contribution < 1.29 is 4.79 Å². The molecule has 0 bridgehead atoms. The van der Waals surface area contributed by atoms with Crippen molar-refractivity contribution in [1.82, 2.24) is 9.91 Å². The second kappa shape index (κ2) is 4.87. The molecule has 0 fully saturated rings. The van der Waals surface area contributed by atoms with Gasteiger partial charge in [-0.1, -0.05) is 6.08 Å². The van der Waals surface area contributed by atoms with Gasteiger partial charge >= 0.3 is 0 Å². The second-order valence-corrected chi connectivity index (χ2v) is 2.61. The highest BCUT2D eigenvalue weighted by molar-refractivity contribution is 5.86. The third-order valence-electron chi connectivity index (χ3n) is 1.08. The Morgan fingerprint density at radius 2 is 2.00 bits per heavy atom. The molecule has 2 N–H and O–H groups in total. The predicted octanol–water partition coefficient (Wildman–Crippen LogP) is -0.564. The zero-order valence-electron chi connectivity index (χ0n) is 7.24. The highest BCUT2D eigenvalue weighted by Crippen LogP contribution is 1.81. The third kappa shape index (κ3) is 5.57. The quantitative estimate of drug-likeness (QED) is 0.258. The van der Waals surface area contributed by atoms with Crippen LogP contribution in [0.1, 0.15) is 0 Å². The standard InChI is InChI=1S/C7H15N3O/c1-9(2)6-4-5-7(11)10(3)8/h4-5H,6,8H2,1-3H3/b5-4+. The van der Waals surface area contributed by atoms with Crippen molar-refractivity contribution in [3.05, 3.63) is 12.2 Å². The molecule has 0 aliphatic heterocycles. The molecule has 4 heteroatoms. The van der Waals surface area contributed by atoms with E-state index in [1.54, 1.807) is 6.08 Å². The number of hydrogen-bond donors (Lipinski definition) is 1. The smallest absolute Gasteiger partial charge is 0.259 e. The summed E-state index contributed by atoms with van der Waals surface area (Å²) in [4.78, 5) is 12.8. The predicted molar refractivity (Wildman–Crippen MR) is 44.7 cm³/mol. The van der Waals surface area contributed by atoms with Gasteiger partial charge in [0.2, 0.25) is 0 Å². The van der Waals surface area contributed by atoms with Gasteiger partial charge in [0, 0.05) is 19.7 Å². The summed E-state index contributed by atoms with van der Waals surface area (Å²) in [6.07, 6.45) is 3.23. The highest BCUT2D eigenvalue weighted by Gasteiger charge is 1.95. The van der Waals surface area contributed by atoms with Crippen molar-refractivity contribution in [3.63, 3.8) is 0 Å². The summed E-state index contributed by atoms with van der Waals surface area (Å²) < 4.78 is 0. The average Bonchev–Trinajstić information content (AvgIpc) is 1.86. The monoisotopic (exact) mass is 157 g/mol. The number of hydrazine groups is 1. The topological polar surface area (TPSA) is 49.6 Å². The Hall–Kier alpha value is -0.870. The number of carbonyl (C=O) groups is 1. The Bertz CT molecular complexity index is 152. The molecule has 0 aromatic heterocycles. The van der Waals surface area contributed by atoms with Crippen LogP contribution in [-0.4, -0.2) is 43.5 Å². The molecule has 0 saturated heterocycles. The van der Waals surface area contributed by atoms with Gasteiger partial charge in [0.1, 0.15) is 0 Å². The van der Waals surface area contributed by atoms with Crippen molar-refractivity contribution in [2.75, 3.05) is 27.7 Å². The van der Waals surface area contributed by atoms with Crippen molar-refractivity contribution in [1.29, 1.82) is 0 Å². The van der Waals surface area contributed by atoms with Crippen LogP contribution in [0.5, 0.6) is 0 Å². The maximum atomic E-state index is 10.8. The van der Waals surface area contributed by atoms with Crippen molar-refractivity contribution in [2.24, 2.45) is 5.84 Å². The van der Waals surface area contributed by atoms with Gasteiger partial charge < -0.3 is 4.90 Å². The second-order valence-electron chi connectivity index (χ2n) is 2.61. The number of likely N-dealkylation sites (N-methyl/N-ethyl adjacent to an activating group) is 2.